The van der Waals surface area contributed by atoms with Crippen molar-refractivity contribution >= 4 is 11.8 Å². The highest BCUT2D eigenvalue weighted by atomic mass is 16.5. The second-order valence-electron chi connectivity index (χ2n) is 2.41. The summed E-state index contributed by atoms with van der Waals surface area (Å²) in [5.41, 5.74) is 11.3. The number of nitrogen functional groups attached to an aromatic ring is 2. The lowest BCUT2D eigenvalue weighted by molar-refractivity contribution is 0.432. The predicted molar refractivity (Wildman–Crippen MR) is 46.4 cm³/mol. The number of pyridine rings is 1. The van der Waals surface area contributed by atoms with E-state index in [4.69, 9.17) is 16.0 Å². The molecular weight excluding hydrogens is 170 g/mol. The van der Waals surface area contributed by atoms with Gasteiger partial charge in [-0.2, -0.15) is 4.98 Å². The van der Waals surface area contributed by atoms with Crippen molar-refractivity contribution in [3.05, 3.63) is 18.2 Å². The third kappa shape index (κ3) is 1.41. The molecule has 0 spiro atoms. The molecule has 0 saturated heterocycles. The van der Waals surface area contributed by atoms with Crippen LogP contribution in [0.15, 0.2) is 22.7 Å². The van der Waals surface area contributed by atoms with Crippen LogP contribution in [0, 0.1) is 0 Å². The zero-order valence-electron chi connectivity index (χ0n) is 6.64. The molecule has 0 aromatic carbocycles. The van der Waals surface area contributed by atoms with E-state index in [1.165, 1.54) is 0 Å². The first-order valence-electron chi connectivity index (χ1n) is 3.58. The third-order valence-electron chi connectivity index (χ3n) is 1.43. The Hall–Kier alpha value is -2.11. The highest BCUT2D eigenvalue weighted by molar-refractivity contribution is 5.51. The van der Waals surface area contributed by atoms with Crippen LogP contribution >= 0.6 is 0 Å². The van der Waals surface area contributed by atoms with E-state index >= 15 is 0 Å². The molecule has 2 heterocycles. The number of hydrogen-bond donors (Lipinski definition) is 2. The average Bonchev–Trinajstić information content (AvgIpc) is 2.52. The van der Waals surface area contributed by atoms with E-state index < -0.39 is 0 Å². The van der Waals surface area contributed by atoms with Crippen molar-refractivity contribution in [2.75, 3.05) is 11.5 Å². The Balaban J connectivity index is 2.46. The van der Waals surface area contributed by atoms with Crippen molar-refractivity contribution in [2.45, 2.75) is 0 Å². The number of aromatic nitrogens is 3. The lowest BCUT2D eigenvalue weighted by Gasteiger charge is -1.93. The van der Waals surface area contributed by atoms with Gasteiger partial charge in [0, 0.05) is 0 Å². The molecule has 13 heavy (non-hydrogen) atoms. The van der Waals surface area contributed by atoms with E-state index in [0.29, 0.717) is 11.5 Å². The Morgan fingerprint density at radius 1 is 1.15 bits per heavy atom. The number of anilines is 2. The zero-order valence-corrected chi connectivity index (χ0v) is 6.64. The highest BCUT2D eigenvalue weighted by Crippen LogP contribution is 2.15. The van der Waals surface area contributed by atoms with Gasteiger partial charge in [0.2, 0.25) is 0 Å². The lowest BCUT2D eigenvalue weighted by Crippen LogP contribution is -1.91. The summed E-state index contributed by atoms with van der Waals surface area (Å²) in [5, 5.41) is 3.43. The molecule has 0 radical (unpaired) electrons. The highest BCUT2D eigenvalue weighted by Gasteiger charge is 2.07. The van der Waals surface area contributed by atoms with Crippen molar-refractivity contribution < 1.29 is 4.52 Å². The molecule has 0 bridgehead atoms. The third-order valence-corrected chi connectivity index (χ3v) is 1.43. The fourth-order valence-corrected chi connectivity index (χ4v) is 0.909. The van der Waals surface area contributed by atoms with Crippen LogP contribution in [0.3, 0.4) is 0 Å². The van der Waals surface area contributed by atoms with Crippen LogP contribution in [0.5, 0.6) is 0 Å². The van der Waals surface area contributed by atoms with E-state index in [0.717, 1.165) is 0 Å². The van der Waals surface area contributed by atoms with Crippen molar-refractivity contribution in [2.24, 2.45) is 0 Å². The summed E-state index contributed by atoms with van der Waals surface area (Å²) in [6, 6.07) is 5.13. The predicted octanol–water partition coefficient (Wildman–Crippen LogP) is 0.296. The van der Waals surface area contributed by atoms with Gasteiger partial charge in [-0.1, -0.05) is 6.07 Å². The maximum absolute atomic E-state index is 5.47. The summed E-state index contributed by atoms with van der Waals surface area (Å²) in [4.78, 5) is 7.79. The Morgan fingerprint density at radius 2 is 2.00 bits per heavy atom. The summed E-state index contributed by atoms with van der Waals surface area (Å²) >= 11 is 0. The number of nitrogens with zero attached hydrogens (tertiary/aromatic N) is 3. The number of nitrogens with two attached hydrogens (primary N) is 2. The number of rotatable bonds is 1. The zero-order chi connectivity index (χ0) is 9.26. The second-order valence-corrected chi connectivity index (χ2v) is 2.41. The van der Waals surface area contributed by atoms with E-state index in [9.17, 15) is 0 Å². The average molecular weight is 177 g/mol. The van der Waals surface area contributed by atoms with Crippen molar-refractivity contribution in [1.82, 2.24) is 15.1 Å². The van der Waals surface area contributed by atoms with Crippen LogP contribution in [0.2, 0.25) is 0 Å². The van der Waals surface area contributed by atoms with Gasteiger partial charge in [-0.15, -0.1) is 0 Å². The second kappa shape index (κ2) is 2.74. The normalized spacial score (nSPS) is 10.2. The minimum Gasteiger partial charge on any atom is -0.384 e. The summed E-state index contributed by atoms with van der Waals surface area (Å²) in [7, 11) is 0. The minimum absolute atomic E-state index is 0.0826. The molecule has 2 aromatic rings. The molecule has 6 nitrogen and oxygen atoms in total. The smallest absolute Gasteiger partial charge is 0.278 e. The molecule has 0 fully saturated rings. The molecular formula is C7H7N5O. The van der Waals surface area contributed by atoms with Gasteiger partial charge in [0.25, 0.3) is 11.8 Å². The van der Waals surface area contributed by atoms with E-state index in [1.807, 2.05) is 0 Å². The van der Waals surface area contributed by atoms with Crippen LogP contribution in [-0.4, -0.2) is 15.1 Å². The Bertz CT molecular complexity index is 424. The first-order chi connectivity index (χ1) is 6.25. The first-order valence-corrected chi connectivity index (χ1v) is 3.58. The molecule has 66 valence electrons. The maximum atomic E-state index is 5.47. The first kappa shape index (κ1) is 7.53. The van der Waals surface area contributed by atoms with Crippen molar-refractivity contribution in [1.29, 1.82) is 0 Å². The van der Waals surface area contributed by atoms with Crippen LogP contribution < -0.4 is 11.5 Å². The van der Waals surface area contributed by atoms with Gasteiger partial charge >= 0.3 is 0 Å². The quantitative estimate of drug-likeness (QED) is 0.649. The van der Waals surface area contributed by atoms with Gasteiger partial charge in [0.15, 0.2) is 0 Å². The summed E-state index contributed by atoms with van der Waals surface area (Å²) < 4.78 is 4.80. The standard InChI is InChI=1S/C7H7N5O/c8-5-3-1-2-4(10-5)6-11-7(9)12-13-6/h1-3H,(H2,8,10)(H2,9,12). The summed E-state index contributed by atoms with van der Waals surface area (Å²) in [6.45, 7) is 0. The fourth-order valence-electron chi connectivity index (χ4n) is 0.909. The molecule has 2 rings (SSSR count). The lowest BCUT2D eigenvalue weighted by atomic mass is 10.3. The van der Waals surface area contributed by atoms with Gasteiger partial charge in [-0.3, -0.25) is 0 Å². The Labute approximate surface area is 73.6 Å². The topological polar surface area (TPSA) is 104 Å². The van der Waals surface area contributed by atoms with Crippen LogP contribution in [-0.2, 0) is 0 Å². The number of hydrogen-bond acceptors (Lipinski definition) is 6. The van der Waals surface area contributed by atoms with E-state index in [-0.39, 0.29) is 11.8 Å². The van der Waals surface area contributed by atoms with Crippen LogP contribution in [0.25, 0.3) is 11.6 Å². The molecule has 0 aliphatic heterocycles. The van der Waals surface area contributed by atoms with Crippen molar-refractivity contribution in [3.63, 3.8) is 0 Å². The molecule has 0 aliphatic carbocycles. The van der Waals surface area contributed by atoms with Crippen LogP contribution in [0.1, 0.15) is 0 Å². The molecule has 0 saturated carbocycles. The van der Waals surface area contributed by atoms with E-state index in [1.54, 1.807) is 18.2 Å². The summed E-state index contributed by atoms with van der Waals surface area (Å²) in [6.07, 6.45) is 0. The molecule has 0 amide bonds. The molecule has 4 N–H and O–H groups in total. The van der Waals surface area contributed by atoms with E-state index in [2.05, 4.69) is 15.1 Å². The van der Waals surface area contributed by atoms with Crippen LogP contribution in [0.4, 0.5) is 11.8 Å². The molecule has 6 heteroatoms. The summed E-state index contributed by atoms with van der Waals surface area (Å²) in [5.74, 6) is 0.748. The monoisotopic (exact) mass is 177 g/mol. The fraction of sp³-hybridized carbons (Fsp3) is 0. The minimum atomic E-state index is 0.0826. The van der Waals surface area contributed by atoms with Gasteiger partial charge in [0.1, 0.15) is 11.5 Å². The molecule has 2 aromatic heterocycles. The maximum Gasteiger partial charge on any atom is 0.278 e. The molecule has 0 aliphatic rings. The largest absolute Gasteiger partial charge is 0.384 e. The Morgan fingerprint density at radius 3 is 2.62 bits per heavy atom. The van der Waals surface area contributed by atoms with Gasteiger partial charge in [0.05, 0.1) is 0 Å². The van der Waals surface area contributed by atoms with Crippen molar-refractivity contribution in [3.8, 4) is 11.6 Å². The Kier molecular flexibility index (Phi) is 1.59. The van der Waals surface area contributed by atoms with Gasteiger partial charge < -0.3 is 16.0 Å². The molecule has 0 atom stereocenters. The van der Waals surface area contributed by atoms with Gasteiger partial charge in [-0.25, -0.2) is 4.98 Å². The van der Waals surface area contributed by atoms with Gasteiger partial charge in [-0.05, 0) is 17.3 Å². The SMILES string of the molecule is Nc1cccc(-c2nc(N)no2)n1. The molecule has 0 unspecified atom stereocenters.